The summed E-state index contributed by atoms with van der Waals surface area (Å²) in [5.74, 6) is -0.645. The molecule has 2 aromatic heterocycles. The maximum atomic E-state index is 13.1. The van der Waals surface area contributed by atoms with Crippen molar-refractivity contribution in [1.82, 2.24) is 15.2 Å². The largest absolute Gasteiger partial charge is 0.320 e. The van der Waals surface area contributed by atoms with Crippen LogP contribution in [0.15, 0.2) is 60.0 Å². The van der Waals surface area contributed by atoms with Gasteiger partial charge in [0, 0.05) is 16.6 Å². The lowest BCUT2D eigenvalue weighted by atomic mass is 10.2. The molecule has 0 bridgehead atoms. The van der Waals surface area contributed by atoms with E-state index in [2.05, 4.69) is 20.5 Å². The van der Waals surface area contributed by atoms with Gasteiger partial charge >= 0.3 is 0 Å². The molecule has 4 aromatic rings. The molecule has 0 aliphatic rings. The lowest BCUT2D eigenvalue weighted by molar-refractivity contribution is 0.102. The normalized spacial score (nSPS) is 11.4. The van der Waals surface area contributed by atoms with E-state index in [1.54, 1.807) is 30.3 Å². The standard InChI is InChI=1S/C20H12ClFN4OS2/c21-16(10-15-11-28-18(24-15)12-6-8-13(22)9-7-12)19-25-26-20(29-19)17(27)23-14-4-2-1-3-5-14/h1-11H,(H,23,27)/b16-10-. The molecule has 0 atom stereocenters. The van der Waals surface area contributed by atoms with Gasteiger partial charge in [0.1, 0.15) is 10.8 Å². The van der Waals surface area contributed by atoms with Gasteiger partial charge in [-0.05, 0) is 42.5 Å². The molecule has 0 saturated carbocycles. The quantitative estimate of drug-likeness (QED) is 0.424. The Balaban J connectivity index is 1.48. The van der Waals surface area contributed by atoms with Gasteiger partial charge in [0.05, 0.1) is 10.7 Å². The number of nitrogens with one attached hydrogen (secondary N) is 1. The Hall–Kier alpha value is -2.94. The Morgan fingerprint density at radius 2 is 1.76 bits per heavy atom. The second-order valence-corrected chi connectivity index (χ2v) is 8.05. The molecule has 0 saturated heterocycles. The fraction of sp³-hybridized carbons (Fsp3) is 0. The third kappa shape index (κ3) is 4.73. The Labute approximate surface area is 178 Å². The molecule has 9 heteroatoms. The average molecular weight is 443 g/mol. The van der Waals surface area contributed by atoms with Crippen molar-refractivity contribution in [2.45, 2.75) is 0 Å². The first kappa shape index (κ1) is 19.4. The van der Waals surface area contributed by atoms with Crippen molar-refractivity contribution < 1.29 is 9.18 Å². The highest BCUT2D eigenvalue weighted by atomic mass is 35.5. The zero-order valence-electron chi connectivity index (χ0n) is 14.7. The number of para-hydroxylation sites is 1. The summed E-state index contributed by atoms with van der Waals surface area (Å²) in [7, 11) is 0. The minimum absolute atomic E-state index is 0.209. The summed E-state index contributed by atoms with van der Waals surface area (Å²) in [4.78, 5) is 16.8. The molecule has 29 heavy (non-hydrogen) atoms. The van der Waals surface area contributed by atoms with Gasteiger partial charge in [-0.2, -0.15) is 0 Å². The Kier molecular flexibility index (Phi) is 5.75. The number of rotatable bonds is 5. The van der Waals surface area contributed by atoms with E-state index < -0.39 is 0 Å². The summed E-state index contributed by atoms with van der Waals surface area (Å²) in [5.41, 5.74) is 2.14. The first-order chi connectivity index (χ1) is 14.1. The Bertz CT molecular complexity index is 1170. The maximum absolute atomic E-state index is 13.1. The van der Waals surface area contributed by atoms with Gasteiger partial charge in [-0.1, -0.05) is 41.1 Å². The Morgan fingerprint density at radius 3 is 2.52 bits per heavy atom. The highest BCUT2D eigenvalue weighted by molar-refractivity contribution is 7.15. The van der Waals surface area contributed by atoms with Crippen LogP contribution in [0.25, 0.3) is 21.7 Å². The van der Waals surface area contributed by atoms with E-state index in [9.17, 15) is 9.18 Å². The summed E-state index contributed by atoms with van der Waals surface area (Å²) in [6.07, 6.45) is 1.66. The molecular weight excluding hydrogens is 431 g/mol. The molecule has 0 aliphatic carbocycles. The zero-order chi connectivity index (χ0) is 20.2. The van der Waals surface area contributed by atoms with Gasteiger partial charge in [-0.25, -0.2) is 9.37 Å². The van der Waals surface area contributed by atoms with Crippen LogP contribution in [0.2, 0.25) is 0 Å². The molecule has 4 rings (SSSR count). The summed E-state index contributed by atoms with van der Waals surface area (Å²) in [6.45, 7) is 0. The number of hydrogen-bond donors (Lipinski definition) is 1. The van der Waals surface area contributed by atoms with Crippen LogP contribution in [0.1, 0.15) is 20.5 Å². The molecule has 2 heterocycles. The molecule has 0 aliphatic heterocycles. The lowest BCUT2D eigenvalue weighted by Gasteiger charge is -2.00. The average Bonchev–Trinajstić information content (AvgIpc) is 3.39. The van der Waals surface area contributed by atoms with E-state index in [0.29, 0.717) is 21.4 Å². The fourth-order valence-electron chi connectivity index (χ4n) is 2.39. The highest BCUT2D eigenvalue weighted by Crippen LogP contribution is 2.29. The molecular formula is C20H12ClFN4OS2. The van der Waals surface area contributed by atoms with Gasteiger partial charge in [-0.15, -0.1) is 21.5 Å². The summed E-state index contributed by atoms with van der Waals surface area (Å²) in [6, 6.07) is 15.2. The van der Waals surface area contributed by atoms with Crippen molar-refractivity contribution in [2.24, 2.45) is 0 Å². The molecule has 0 spiro atoms. The maximum Gasteiger partial charge on any atom is 0.286 e. The van der Waals surface area contributed by atoms with E-state index in [0.717, 1.165) is 21.9 Å². The SMILES string of the molecule is O=C(Nc1ccccc1)c1nnc(/C(Cl)=C/c2csc(-c3ccc(F)cc3)n2)s1. The minimum Gasteiger partial charge on any atom is -0.320 e. The number of amides is 1. The summed E-state index contributed by atoms with van der Waals surface area (Å²) >= 11 is 8.86. The number of hydrogen-bond acceptors (Lipinski definition) is 6. The zero-order valence-corrected chi connectivity index (χ0v) is 17.1. The molecule has 5 nitrogen and oxygen atoms in total. The van der Waals surface area contributed by atoms with Crippen molar-refractivity contribution in [2.75, 3.05) is 5.32 Å². The summed E-state index contributed by atoms with van der Waals surface area (Å²) < 4.78 is 13.1. The van der Waals surface area contributed by atoms with E-state index >= 15 is 0 Å². The van der Waals surface area contributed by atoms with Crippen molar-refractivity contribution in [1.29, 1.82) is 0 Å². The predicted molar refractivity (Wildman–Crippen MR) is 116 cm³/mol. The molecule has 2 aromatic carbocycles. The topological polar surface area (TPSA) is 67.8 Å². The summed E-state index contributed by atoms with van der Waals surface area (Å²) in [5, 5.41) is 14.2. The minimum atomic E-state index is -0.350. The van der Waals surface area contributed by atoms with Gasteiger partial charge in [0.15, 0.2) is 5.01 Å². The van der Waals surface area contributed by atoms with Crippen molar-refractivity contribution in [3.8, 4) is 10.6 Å². The van der Waals surface area contributed by atoms with Crippen molar-refractivity contribution in [3.63, 3.8) is 0 Å². The number of benzene rings is 2. The number of halogens is 2. The third-order valence-corrected chi connectivity index (χ3v) is 6.01. The van der Waals surface area contributed by atoms with Crippen LogP contribution in [0.5, 0.6) is 0 Å². The van der Waals surface area contributed by atoms with Crippen LogP contribution in [0.3, 0.4) is 0 Å². The van der Waals surface area contributed by atoms with E-state index in [1.165, 1.54) is 23.5 Å². The molecule has 0 unspecified atom stereocenters. The van der Waals surface area contributed by atoms with Crippen LogP contribution in [-0.4, -0.2) is 21.1 Å². The Morgan fingerprint density at radius 1 is 1.03 bits per heavy atom. The monoisotopic (exact) mass is 442 g/mol. The molecule has 144 valence electrons. The van der Waals surface area contributed by atoms with E-state index in [1.807, 2.05) is 23.6 Å². The number of carbonyl (C=O) groups is 1. The number of anilines is 1. The van der Waals surface area contributed by atoms with Gasteiger partial charge < -0.3 is 5.32 Å². The molecule has 0 radical (unpaired) electrons. The molecule has 1 amide bonds. The molecule has 1 N–H and O–H groups in total. The lowest BCUT2D eigenvalue weighted by Crippen LogP contribution is -2.11. The van der Waals surface area contributed by atoms with Crippen LogP contribution >= 0.6 is 34.3 Å². The number of nitrogens with zero attached hydrogens (tertiary/aromatic N) is 3. The third-order valence-electron chi connectivity index (χ3n) is 3.74. The number of carbonyl (C=O) groups excluding carboxylic acids is 1. The van der Waals surface area contributed by atoms with Crippen molar-refractivity contribution in [3.05, 3.63) is 81.5 Å². The van der Waals surface area contributed by atoms with Crippen LogP contribution < -0.4 is 5.32 Å². The van der Waals surface area contributed by atoms with Gasteiger partial charge in [0.2, 0.25) is 5.01 Å². The van der Waals surface area contributed by atoms with Gasteiger partial charge in [-0.3, -0.25) is 4.79 Å². The van der Waals surface area contributed by atoms with Crippen LogP contribution in [0, 0.1) is 5.82 Å². The van der Waals surface area contributed by atoms with E-state index in [4.69, 9.17) is 11.6 Å². The van der Waals surface area contributed by atoms with E-state index in [-0.39, 0.29) is 16.7 Å². The first-order valence-corrected chi connectivity index (χ1v) is 10.4. The fourth-order valence-corrected chi connectivity index (χ4v) is 4.08. The predicted octanol–water partition coefficient (Wildman–Crippen LogP) is 5.79. The second kappa shape index (κ2) is 8.60. The second-order valence-electron chi connectivity index (χ2n) is 5.81. The smallest absolute Gasteiger partial charge is 0.286 e. The van der Waals surface area contributed by atoms with Crippen molar-refractivity contribution >= 4 is 57.0 Å². The highest BCUT2D eigenvalue weighted by Gasteiger charge is 2.15. The van der Waals surface area contributed by atoms with Crippen LogP contribution in [0.4, 0.5) is 10.1 Å². The first-order valence-electron chi connectivity index (χ1n) is 8.37. The van der Waals surface area contributed by atoms with Crippen LogP contribution in [-0.2, 0) is 0 Å². The van der Waals surface area contributed by atoms with Gasteiger partial charge in [0.25, 0.3) is 5.91 Å². The molecule has 0 fully saturated rings. The number of thiazole rings is 1. The number of aromatic nitrogens is 3.